The Labute approximate surface area is 225 Å². The molecule has 0 bridgehead atoms. The molecular formula is C32H36N4O2. The summed E-state index contributed by atoms with van der Waals surface area (Å²) in [5.41, 5.74) is 5.26. The largest absolute Gasteiger partial charge is 0.351 e. The number of piperidine rings is 1. The van der Waals surface area contributed by atoms with Crippen molar-refractivity contribution < 1.29 is 9.59 Å². The highest BCUT2D eigenvalue weighted by atomic mass is 16.1. The fourth-order valence-corrected chi connectivity index (χ4v) is 5.54. The highest BCUT2D eigenvalue weighted by molar-refractivity contribution is 6.06. The Morgan fingerprint density at radius 3 is 2.47 bits per heavy atom. The molecule has 1 N–H and O–H groups in total. The Balaban J connectivity index is 1.28. The number of ketones is 1. The molecule has 2 aromatic carbocycles. The molecule has 2 aliphatic heterocycles. The molecule has 1 amide bonds. The first kappa shape index (κ1) is 25.9. The van der Waals surface area contributed by atoms with Gasteiger partial charge in [-0.2, -0.15) is 0 Å². The number of aromatic nitrogens is 1. The van der Waals surface area contributed by atoms with E-state index >= 15 is 0 Å². The van der Waals surface area contributed by atoms with E-state index in [-0.39, 0.29) is 17.6 Å². The second-order valence-electron chi connectivity index (χ2n) is 10.1. The van der Waals surface area contributed by atoms with Gasteiger partial charge in [-0.1, -0.05) is 55.0 Å². The van der Waals surface area contributed by atoms with Gasteiger partial charge in [0.1, 0.15) is 0 Å². The van der Waals surface area contributed by atoms with E-state index in [1.807, 2.05) is 67.6 Å². The molecule has 38 heavy (non-hydrogen) atoms. The van der Waals surface area contributed by atoms with Crippen molar-refractivity contribution in [3.8, 4) is 0 Å². The number of pyridine rings is 1. The third kappa shape index (κ3) is 5.86. The average Bonchev–Trinajstić information content (AvgIpc) is 2.96. The minimum absolute atomic E-state index is 0.0536. The number of benzene rings is 2. The predicted molar refractivity (Wildman–Crippen MR) is 151 cm³/mol. The van der Waals surface area contributed by atoms with Gasteiger partial charge in [0, 0.05) is 31.4 Å². The molecule has 3 heterocycles. The number of nitrogens with zero attached hydrogens (tertiary/aromatic N) is 3. The fourth-order valence-electron chi connectivity index (χ4n) is 5.54. The Kier molecular flexibility index (Phi) is 8.29. The molecule has 1 atom stereocenters. The number of amides is 1. The van der Waals surface area contributed by atoms with Crippen molar-refractivity contribution in [3.05, 3.63) is 107 Å². The van der Waals surface area contributed by atoms with Crippen LogP contribution in [0.25, 0.3) is 0 Å². The van der Waals surface area contributed by atoms with E-state index in [1.54, 1.807) is 6.20 Å². The topological polar surface area (TPSA) is 65.5 Å². The van der Waals surface area contributed by atoms with Crippen molar-refractivity contribution in [3.63, 3.8) is 0 Å². The van der Waals surface area contributed by atoms with Gasteiger partial charge in [-0.15, -0.1) is 0 Å². The molecule has 0 spiro atoms. The molecule has 0 saturated carbocycles. The molecule has 1 unspecified atom stereocenters. The molecule has 5 rings (SSSR count). The van der Waals surface area contributed by atoms with Crippen LogP contribution in [0.1, 0.15) is 59.3 Å². The number of carbonyl (C=O) groups excluding carboxylic acids is 2. The van der Waals surface area contributed by atoms with Crippen molar-refractivity contribution in [1.29, 1.82) is 0 Å². The number of hydrogen-bond acceptors (Lipinski definition) is 5. The van der Waals surface area contributed by atoms with Crippen molar-refractivity contribution in [1.82, 2.24) is 15.2 Å². The SMILES string of the molecule is C/C=C1/C(=O)C(Cc2ccc(C(=O)NCCN3CCCCC3)cc2)c2ncccc2N1Cc1ccccc1. The van der Waals surface area contributed by atoms with E-state index in [4.69, 9.17) is 0 Å². The first-order chi connectivity index (χ1) is 18.6. The maximum atomic E-state index is 13.7. The zero-order valence-electron chi connectivity index (χ0n) is 22.1. The van der Waals surface area contributed by atoms with Crippen LogP contribution in [-0.2, 0) is 17.8 Å². The molecule has 0 aliphatic carbocycles. The van der Waals surface area contributed by atoms with Crippen molar-refractivity contribution in [2.45, 2.75) is 45.1 Å². The molecule has 2 aliphatic rings. The first-order valence-electron chi connectivity index (χ1n) is 13.7. The maximum absolute atomic E-state index is 13.7. The van der Waals surface area contributed by atoms with E-state index < -0.39 is 0 Å². The number of hydrogen-bond donors (Lipinski definition) is 1. The van der Waals surface area contributed by atoms with E-state index in [9.17, 15) is 9.59 Å². The summed E-state index contributed by atoms with van der Waals surface area (Å²) < 4.78 is 0. The molecule has 3 aromatic rings. The molecule has 196 valence electrons. The lowest BCUT2D eigenvalue weighted by atomic mass is 9.85. The monoisotopic (exact) mass is 508 g/mol. The predicted octanol–water partition coefficient (Wildman–Crippen LogP) is 5.12. The van der Waals surface area contributed by atoms with E-state index in [2.05, 4.69) is 32.2 Å². The van der Waals surface area contributed by atoms with Crippen molar-refractivity contribution >= 4 is 17.4 Å². The van der Waals surface area contributed by atoms with Gasteiger partial charge < -0.3 is 15.1 Å². The first-order valence-corrected chi connectivity index (χ1v) is 13.7. The summed E-state index contributed by atoms with van der Waals surface area (Å²) >= 11 is 0. The lowest BCUT2D eigenvalue weighted by molar-refractivity contribution is -0.117. The van der Waals surface area contributed by atoms with E-state index in [0.29, 0.717) is 30.8 Å². The number of likely N-dealkylation sites (tertiary alicyclic amines) is 1. The Morgan fingerprint density at radius 1 is 0.974 bits per heavy atom. The summed E-state index contributed by atoms with van der Waals surface area (Å²) in [7, 11) is 0. The number of rotatable bonds is 8. The van der Waals surface area contributed by atoms with Gasteiger partial charge in [-0.05, 0) is 74.7 Å². The number of anilines is 1. The summed E-state index contributed by atoms with van der Waals surface area (Å²) in [6, 6.07) is 21.8. The smallest absolute Gasteiger partial charge is 0.251 e. The minimum Gasteiger partial charge on any atom is -0.351 e. The molecule has 1 aromatic heterocycles. The van der Waals surface area contributed by atoms with E-state index in [1.165, 1.54) is 19.3 Å². The Morgan fingerprint density at radius 2 is 1.74 bits per heavy atom. The second-order valence-corrected chi connectivity index (χ2v) is 10.1. The summed E-state index contributed by atoms with van der Waals surface area (Å²) in [5, 5.41) is 3.05. The average molecular weight is 509 g/mol. The lowest BCUT2D eigenvalue weighted by Gasteiger charge is -2.36. The van der Waals surface area contributed by atoms with Crippen molar-refractivity contribution in [2.75, 3.05) is 31.1 Å². The highest BCUT2D eigenvalue weighted by Gasteiger charge is 2.36. The zero-order chi connectivity index (χ0) is 26.3. The van der Waals surface area contributed by atoms with Gasteiger partial charge >= 0.3 is 0 Å². The summed E-state index contributed by atoms with van der Waals surface area (Å²) in [5.74, 6) is -0.343. The van der Waals surface area contributed by atoms with Crippen LogP contribution in [0.15, 0.2) is 84.7 Å². The molecule has 1 fully saturated rings. The van der Waals surface area contributed by atoms with Crippen LogP contribution in [-0.4, -0.2) is 47.8 Å². The molecule has 6 nitrogen and oxygen atoms in total. The van der Waals surface area contributed by atoms with Gasteiger partial charge in [0.05, 0.1) is 23.0 Å². The fraction of sp³-hybridized carbons (Fsp3) is 0.344. The highest BCUT2D eigenvalue weighted by Crippen LogP contribution is 2.39. The van der Waals surface area contributed by atoms with Gasteiger partial charge in [-0.3, -0.25) is 14.6 Å². The number of nitrogens with one attached hydrogen (secondary N) is 1. The maximum Gasteiger partial charge on any atom is 0.251 e. The number of carbonyl (C=O) groups is 2. The van der Waals surface area contributed by atoms with Crippen LogP contribution >= 0.6 is 0 Å². The quantitative estimate of drug-likeness (QED) is 0.428. The summed E-state index contributed by atoms with van der Waals surface area (Å²) in [6.07, 6.45) is 8.02. The third-order valence-corrected chi connectivity index (χ3v) is 7.57. The van der Waals surface area contributed by atoms with Crippen LogP contribution in [0.2, 0.25) is 0 Å². The lowest BCUT2D eigenvalue weighted by Crippen LogP contribution is -2.37. The van der Waals surface area contributed by atoms with Crippen LogP contribution in [0.3, 0.4) is 0 Å². The van der Waals surface area contributed by atoms with Gasteiger partial charge in [-0.25, -0.2) is 0 Å². The zero-order valence-corrected chi connectivity index (χ0v) is 22.1. The van der Waals surface area contributed by atoms with Gasteiger partial charge in [0.15, 0.2) is 5.78 Å². The van der Waals surface area contributed by atoms with E-state index in [0.717, 1.165) is 42.1 Å². The molecule has 6 heteroatoms. The molecular weight excluding hydrogens is 472 g/mol. The minimum atomic E-state index is -0.367. The van der Waals surface area contributed by atoms with Gasteiger partial charge in [0.2, 0.25) is 0 Å². The molecule has 0 radical (unpaired) electrons. The van der Waals surface area contributed by atoms with Crippen LogP contribution in [0.5, 0.6) is 0 Å². The Bertz CT molecular complexity index is 1280. The van der Waals surface area contributed by atoms with Crippen LogP contribution in [0, 0.1) is 0 Å². The molecule has 1 saturated heterocycles. The number of Topliss-reactive ketones (excluding diaryl/α,β-unsaturated/α-hetero) is 1. The second kappa shape index (κ2) is 12.2. The van der Waals surface area contributed by atoms with Crippen LogP contribution in [0.4, 0.5) is 5.69 Å². The van der Waals surface area contributed by atoms with Gasteiger partial charge in [0.25, 0.3) is 5.91 Å². The normalized spacial score (nSPS) is 18.9. The Hall–Kier alpha value is -3.77. The summed E-state index contributed by atoms with van der Waals surface area (Å²) in [6.45, 7) is 6.34. The standard InChI is InChI=1S/C32H36N4O2/c1-2-28-31(37)27(30-29(12-9-17-33-30)36(28)23-25-10-5-3-6-11-25)22-24-13-15-26(16-14-24)32(38)34-18-21-35-19-7-4-8-20-35/h2-3,5-6,9-17,27H,4,7-8,18-23H2,1H3,(H,34,38)/b28-2-. The van der Waals surface area contributed by atoms with Crippen molar-refractivity contribution in [2.24, 2.45) is 0 Å². The summed E-state index contributed by atoms with van der Waals surface area (Å²) in [4.78, 5) is 35.6. The third-order valence-electron chi connectivity index (χ3n) is 7.57. The number of allylic oxidation sites excluding steroid dienone is 2. The number of fused-ring (bicyclic) bond motifs is 1. The van der Waals surface area contributed by atoms with Crippen LogP contribution < -0.4 is 10.2 Å².